The standard InChI is InChI=1S/C24H29ClF3N3O4S/c1-5-11-29-23(33)17(3)30(14-18-8-6-7-16(2)12-18)22(32)15-31(36(4,34)35)21-13-19(24(26,27)28)9-10-20(21)25/h6-10,12-13,17H,5,11,14-15H2,1-4H3,(H,29,33)/t17-/m0/s1. The van der Waals surface area contributed by atoms with E-state index in [1.54, 1.807) is 12.1 Å². The molecular weight excluding hydrogens is 519 g/mol. The van der Waals surface area contributed by atoms with Crippen LogP contribution < -0.4 is 9.62 Å². The molecule has 2 rings (SSSR count). The molecule has 1 N–H and O–H groups in total. The highest BCUT2D eigenvalue weighted by molar-refractivity contribution is 7.92. The summed E-state index contributed by atoms with van der Waals surface area (Å²) in [5.41, 5.74) is 0.00542. The lowest BCUT2D eigenvalue weighted by molar-refractivity contribution is -0.139. The van der Waals surface area contributed by atoms with Gasteiger partial charge in [-0.3, -0.25) is 13.9 Å². The van der Waals surface area contributed by atoms with E-state index in [2.05, 4.69) is 5.32 Å². The molecule has 0 aliphatic rings. The number of nitrogens with zero attached hydrogens (tertiary/aromatic N) is 2. The van der Waals surface area contributed by atoms with Crippen molar-refractivity contribution in [3.05, 3.63) is 64.2 Å². The second-order valence-electron chi connectivity index (χ2n) is 8.41. The molecule has 198 valence electrons. The van der Waals surface area contributed by atoms with E-state index in [0.29, 0.717) is 28.9 Å². The molecule has 0 unspecified atom stereocenters. The average Bonchev–Trinajstić information content (AvgIpc) is 2.78. The fraction of sp³-hybridized carbons (Fsp3) is 0.417. The Morgan fingerprint density at radius 2 is 1.81 bits per heavy atom. The second-order valence-corrected chi connectivity index (χ2v) is 10.7. The number of rotatable bonds is 10. The normalized spacial score (nSPS) is 12.7. The summed E-state index contributed by atoms with van der Waals surface area (Å²) in [7, 11) is -4.24. The monoisotopic (exact) mass is 547 g/mol. The lowest BCUT2D eigenvalue weighted by Gasteiger charge is -2.32. The summed E-state index contributed by atoms with van der Waals surface area (Å²) in [6, 6.07) is 8.44. The predicted octanol–water partition coefficient (Wildman–Crippen LogP) is 4.38. The van der Waals surface area contributed by atoms with Crippen molar-refractivity contribution < 1.29 is 31.2 Å². The number of amides is 2. The van der Waals surface area contributed by atoms with Crippen molar-refractivity contribution in [2.45, 2.75) is 46.0 Å². The average molecular weight is 548 g/mol. The quantitative estimate of drug-likeness (QED) is 0.478. The Morgan fingerprint density at radius 3 is 2.36 bits per heavy atom. The van der Waals surface area contributed by atoms with E-state index in [9.17, 15) is 31.2 Å². The summed E-state index contributed by atoms with van der Waals surface area (Å²) in [6.07, 6.45) is -3.32. The maximum atomic E-state index is 13.5. The largest absolute Gasteiger partial charge is 0.416 e. The highest BCUT2D eigenvalue weighted by Crippen LogP contribution is 2.36. The number of hydrogen-bond donors (Lipinski definition) is 1. The van der Waals surface area contributed by atoms with E-state index in [1.165, 1.54) is 11.8 Å². The van der Waals surface area contributed by atoms with Crippen LogP contribution in [0.3, 0.4) is 0 Å². The Bertz CT molecular complexity index is 1210. The summed E-state index contributed by atoms with van der Waals surface area (Å²) >= 11 is 6.07. The van der Waals surface area contributed by atoms with Crippen molar-refractivity contribution in [3.63, 3.8) is 0 Å². The number of carbonyl (C=O) groups excluding carboxylic acids is 2. The van der Waals surface area contributed by atoms with Crippen molar-refractivity contribution >= 4 is 39.1 Å². The maximum absolute atomic E-state index is 13.5. The van der Waals surface area contributed by atoms with Gasteiger partial charge in [0.25, 0.3) is 0 Å². The van der Waals surface area contributed by atoms with E-state index < -0.39 is 51.9 Å². The van der Waals surface area contributed by atoms with E-state index in [4.69, 9.17) is 11.6 Å². The molecule has 36 heavy (non-hydrogen) atoms. The lowest BCUT2D eigenvalue weighted by atomic mass is 10.1. The number of alkyl halides is 3. The molecule has 12 heteroatoms. The van der Waals surface area contributed by atoms with E-state index >= 15 is 0 Å². The molecule has 2 amide bonds. The molecule has 0 radical (unpaired) electrons. The molecule has 2 aromatic rings. The van der Waals surface area contributed by atoms with Gasteiger partial charge < -0.3 is 10.2 Å². The van der Waals surface area contributed by atoms with Gasteiger partial charge in [0.2, 0.25) is 21.8 Å². The highest BCUT2D eigenvalue weighted by Gasteiger charge is 2.34. The molecule has 0 fully saturated rings. The van der Waals surface area contributed by atoms with Gasteiger partial charge in [-0.2, -0.15) is 13.2 Å². The Balaban J connectivity index is 2.48. The summed E-state index contributed by atoms with van der Waals surface area (Å²) in [4.78, 5) is 27.3. The Morgan fingerprint density at radius 1 is 1.14 bits per heavy atom. The number of anilines is 1. The fourth-order valence-corrected chi connectivity index (χ4v) is 4.58. The van der Waals surface area contributed by atoms with Crippen LogP contribution >= 0.6 is 11.6 Å². The smallest absolute Gasteiger partial charge is 0.354 e. The third-order valence-electron chi connectivity index (χ3n) is 5.37. The fourth-order valence-electron chi connectivity index (χ4n) is 3.46. The van der Waals surface area contributed by atoms with Gasteiger partial charge in [-0.05, 0) is 44.0 Å². The van der Waals surface area contributed by atoms with Crippen molar-refractivity contribution in [3.8, 4) is 0 Å². The van der Waals surface area contributed by atoms with Gasteiger partial charge in [-0.15, -0.1) is 0 Å². The van der Waals surface area contributed by atoms with Crippen LogP contribution in [-0.4, -0.2) is 50.5 Å². The van der Waals surface area contributed by atoms with Crippen molar-refractivity contribution in [2.24, 2.45) is 0 Å². The van der Waals surface area contributed by atoms with Crippen LogP contribution in [0.1, 0.15) is 37.0 Å². The zero-order valence-corrected chi connectivity index (χ0v) is 22.0. The van der Waals surface area contributed by atoms with Gasteiger partial charge in [0.15, 0.2) is 0 Å². The third kappa shape index (κ3) is 7.86. The second kappa shape index (κ2) is 12.0. The predicted molar refractivity (Wildman–Crippen MR) is 133 cm³/mol. The van der Waals surface area contributed by atoms with Gasteiger partial charge in [-0.25, -0.2) is 8.42 Å². The first-order valence-electron chi connectivity index (χ1n) is 11.1. The van der Waals surface area contributed by atoms with Crippen molar-refractivity contribution in [1.29, 1.82) is 0 Å². The van der Waals surface area contributed by atoms with E-state index in [1.807, 2.05) is 26.0 Å². The number of aryl methyl sites for hydroxylation is 1. The van der Waals surface area contributed by atoms with Crippen LogP contribution in [0.4, 0.5) is 18.9 Å². The first-order chi connectivity index (χ1) is 16.6. The molecule has 2 aromatic carbocycles. The summed E-state index contributed by atoms with van der Waals surface area (Å²) < 4.78 is 65.6. The number of benzene rings is 2. The van der Waals surface area contributed by atoms with Gasteiger partial charge in [-0.1, -0.05) is 48.4 Å². The number of hydrogen-bond acceptors (Lipinski definition) is 4. The van der Waals surface area contributed by atoms with Crippen molar-refractivity contribution in [2.75, 3.05) is 23.7 Å². The van der Waals surface area contributed by atoms with Crippen LogP contribution in [-0.2, 0) is 32.3 Å². The Hall–Kier alpha value is -2.79. The molecule has 0 heterocycles. The van der Waals surface area contributed by atoms with Gasteiger partial charge >= 0.3 is 6.18 Å². The summed E-state index contributed by atoms with van der Waals surface area (Å²) in [5.74, 6) is -1.23. The molecule has 0 saturated carbocycles. The summed E-state index contributed by atoms with van der Waals surface area (Å²) in [6.45, 7) is 4.73. The first kappa shape index (κ1) is 29.4. The van der Waals surface area contributed by atoms with Crippen LogP contribution in [0.5, 0.6) is 0 Å². The number of carbonyl (C=O) groups is 2. The molecular formula is C24H29ClF3N3O4S. The van der Waals surface area contributed by atoms with Crippen LogP contribution in [0, 0.1) is 6.92 Å². The number of halogens is 4. The van der Waals surface area contributed by atoms with Crippen LogP contribution in [0.15, 0.2) is 42.5 Å². The van der Waals surface area contributed by atoms with E-state index in [0.717, 1.165) is 24.0 Å². The topological polar surface area (TPSA) is 86.8 Å². The minimum atomic E-state index is -4.75. The SMILES string of the molecule is CCCNC(=O)[C@H](C)N(Cc1cccc(C)c1)C(=O)CN(c1cc(C(F)(F)F)ccc1Cl)S(C)(=O)=O. The summed E-state index contributed by atoms with van der Waals surface area (Å²) in [5, 5.41) is 2.42. The Kier molecular flexibility index (Phi) is 9.78. The highest BCUT2D eigenvalue weighted by atomic mass is 35.5. The van der Waals surface area contributed by atoms with Crippen LogP contribution in [0.25, 0.3) is 0 Å². The molecule has 0 saturated heterocycles. The number of nitrogens with one attached hydrogen (secondary N) is 1. The molecule has 0 spiro atoms. The zero-order valence-electron chi connectivity index (χ0n) is 20.4. The lowest BCUT2D eigenvalue weighted by Crippen LogP contribution is -2.51. The molecule has 0 aromatic heterocycles. The molecule has 7 nitrogen and oxygen atoms in total. The zero-order chi connectivity index (χ0) is 27.3. The van der Waals surface area contributed by atoms with Crippen molar-refractivity contribution in [1.82, 2.24) is 10.2 Å². The van der Waals surface area contributed by atoms with Gasteiger partial charge in [0.1, 0.15) is 12.6 Å². The number of sulfonamides is 1. The van der Waals surface area contributed by atoms with Gasteiger partial charge in [0, 0.05) is 13.1 Å². The maximum Gasteiger partial charge on any atom is 0.416 e. The van der Waals surface area contributed by atoms with Crippen LogP contribution in [0.2, 0.25) is 5.02 Å². The Labute approximate surface area is 214 Å². The molecule has 0 aliphatic heterocycles. The third-order valence-corrected chi connectivity index (χ3v) is 6.82. The molecule has 1 atom stereocenters. The minimum absolute atomic E-state index is 0.0187. The first-order valence-corrected chi connectivity index (χ1v) is 13.3. The molecule has 0 aliphatic carbocycles. The molecule has 0 bridgehead atoms. The van der Waals surface area contributed by atoms with Gasteiger partial charge in [0.05, 0.1) is 22.5 Å². The van der Waals surface area contributed by atoms with E-state index in [-0.39, 0.29) is 11.6 Å². The minimum Gasteiger partial charge on any atom is -0.354 e.